The summed E-state index contributed by atoms with van der Waals surface area (Å²) < 4.78 is 3.48. The van der Waals surface area contributed by atoms with Crippen LogP contribution in [0.1, 0.15) is 17.4 Å². The molecule has 3 heterocycles. The summed E-state index contributed by atoms with van der Waals surface area (Å²) in [6, 6.07) is 1.46. The van der Waals surface area contributed by atoms with Gasteiger partial charge in [0.05, 0.1) is 12.2 Å². The highest BCUT2D eigenvalue weighted by Gasteiger charge is 2.17. The molecule has 17 heavy (non-hydrogen) atoms. The minimum atomic E-state index is -0.358. The van der Waals surface area contributed by atoms with Crippen LogP contribution in [0.3, 0.4) is 0 Å². The Bertz CT molecular complexity index is 653. The Morgan fingerprint density at radius 1 is 1.35 bits per heavy atom. The molecule has 0 bridgehead atoms. The van der Waals surface area contributed by atoms with Gasteiger partial charge in [0, 0.05) is 31.2 Å². The highest BCUT2D eigenvalue weighted by Crippen LogP contribution is 2.16. The van der Waals surface area contributed by atoms with Crippen molar-refractivity contribution in [2.45, 2.75) is 6.04 Å². The van der Waals surface area contributed by atoms with Crippen molar-refractivity contribution in [1.82, 2.24) is 29.4 Å². The van der Waals surface area contributed by atoms with Gasteiger partial charge < -0.3 is 5.73 Å². The number of nitrogens with zero attached hydrogens (tertiary/aromatic N) is 6. The summed E-state index contributed by atoms with van der Waals surface area (Å²) >= 11 is 0. The molecule has 3 aromatic rings. The summed E-state index contributed by atoms with van der Waals surface area (Å²) in [4.78, 5) is 4.10. The van der Waals surface area contributed by atoms with Crippen molar-refractivity contribution in [2.24, 2.45) is 12.8 Å². The Balaban J connectivity index is 2.09. The predicted octanol–water partition coefficient (Wildman–Crippen LogP) is -0.0941. The molecule has 0 aliphatic rings. The summed E-state index contributed by atoms with van der Waals surface area (Å²) in [6.07, 6.45) is 7.10. The molecule has 0 spiro atoms. The van der Waals surface area contributed by atoms with E-state index >= 15 is 0 Å². The van der Waals surface area contributed by atoms with Gasteiger partial charge in [0.15, 0.2) is 5.82 Å². The number of hydrogen-bond acceptors (Lipinski definition) is 5. The van der Waals surface area contributed by atoms with Gasteiger partial charge in [0.25, 0.3) is 5.78 Å². The fourth-order valence-corrected chi connectivity index (χ4v) is 1.72. The van der Waals surface area contributed by atoms with Crippen molar-refractivity contribution in [3.63, 3.8) is 0 Å². The van der Waals surface area contributed by atoms with Crippen molar-refractivity contribution in [3.05, 3.63) is 42.2 Å². The topological polar surface area (TPSA) is 86.9 Å². The average Bonchev–Trinajstić information content (AvgIpc) is 2.94. The monoisotopic (exact) mass is 229 g/mol. The van der Waals surface area contributed by atoms with Gasteiger partial charge in [-0.1, -0.05) is 0 Å². The Hall–Kier alpha value is -2.28. The third-order valence-electron chi connectivity index (χ3n) is 2.58. The molecule has 7 heteroatoms. The lowest BCUT2D eigenvalue weighted by molar-refractivity contribution is 0.751. The standard InChI is InChI=1S/C10H11N7/c1-16-6-7(5-13-16)8(11)9-14-15-10-12-3-2-4-17(9)10/h2-6,8H,11H2,1H3. The maximum atomic E-state index is 6.14. The normalized spacial score (nSPS) is 13.1. The summed E-state index contributed by atoms with van der Waals surface area (Å²) in [5.41, 5.74) is 7.03. The molecule has 0 aromatic carbocycles. The third-order valence-corrected chi connectivity index (χ3v) is 2.58. The molecular formula is C10H11N7. The number of fused-ring (bicyclic) bond motifs is 1. The van der Waals surface area contributed by atoms with Crippen LogP contribution in [-0.4, -0.2) is 29.4 Å². The van der Waals surface area contributed by atoms with Crippen LogP contribution in [0.5, 0.6) is 0 Å². The lowest BCUT2D eigenvalue weighted by Crippen LogP contribution is -2.15. The Morgan fingerprint density at radius 2 is 2.24 bits per heavy atom. The fourth-order valence-electron chi connectivity index (χ4n) is 1.72. The second kappa shape index (κ2) is 3.63. The van der Waals surface area contributed by atoms with E-state index < -0.39 is 0 Å². The van der Waals surface area contributed by atoms with E-state index in [9.17, 15) is 0 Å². The largest absolute Gasteiger partial charge is 0.318 e. The molecule has 1 atom stereocenters. The Morgan fingerprint density at radius 3 is 3.00 bits per heavy atom. The highest BCUT2D eigenvalue weighted by molar-refractivity contribution is 5.30. The van der Waals surface area contributed by atoms with Gasteiger partial charge in [-0.25, -0.2) is 4.98 Å². The second-order valence-corrected chi connectivity index (χ2v) is 3.77. The van der Waals surface area contributed by atoms with Gasteiger partial charge >= 0.3 is 0 Å². The van der Waals surface area contributed by atoms with Crippen LogP contribution in [0.25, 0.3) is 5.78 Å². The lowest BCUT2D eigenvalue weighted by atomic mass is 10.1. The Labute approximate surface area is 96.9 Å². The van der Waals surface area contributed by atoms with Gasteiger partial charge in [0.1, 0.15) is 0 Å². The quantitative estimate of drug-likeness (QED) is 0.663. The molecule has 2 N–H and O–H groups in total. The average molecular weight is 229 g/mol. The van der Waals surface area contributed by atoms with Crippen LogP contribution >= 0.6 is 0 Å². The molecule has 3 rings (SSSR count). The summed E-state index contributed by atoms with van der Waals surface area (Å²) in [5.74, 6) is 1.20. The van der Waals surface area contributed by atoms with Crippen LogP contribution in [0, 0.1) is 0 Å². The lowest BCUT2D eigenvalue weighted by Gasteiger charge is -2.06. The molecule has 0 fully saturated rings. The number of hydrogen-bond donors (Lipinski definition) is 1. The van der Waals surface area contributed by atoms with Crippen LogP contribution in [0.4, 0.5) is 0 Å². The van der Waals surface area contributed by atoms with E-state index in [1.165, 1.54) is 0 Å². The van der Waals surface area contributed by atoms with E-state index in [1.807, 2.05) is 25.5 Å². The zero-order chi connectivity index (χ0) is 11.8. The van der Waals surface area contributed by atoms with Gasteiger partial charge in [-0.3, -0.25) is 9.08 Å². The molecular weight excluding hydrogens is 218 g/mol. The highest BCUT2D eigenvalue weighted by atomic mass is 15.3. The van der Waals surface area contributed by atoms with Gasteiger partial charge in [-0.2, -0.15) is 5.10 Å². The zero-order valence-corrected chi connectivity index (χ0v) is 9.22. The SMILES string of the molecule is Cn1cc(C(N)c2nnc3ncccn23)cn1. The number of nitrogens with two attached hydrogens (primary N) is 1. The second-order valence-electron chi connectivity index (χ2n) is 3.77. The Kier molecular flexibility index (Phi) is 2.12. The first-order valence-electron chi connectivity index (χ1n) is 5.15. The maximum Gasteiger partial charge on any atom is 0.255 e. The molecule has 0 aliphatic carbocycles. The van der Waals surface area contributed by atoms with E-state index in [0.717, 1.165) is 5.56 Å². The van der Waals surface area contributed by atoms with Crippen molar-refractivity contribution < 1.29 is 0 Å². The molecule has 7 nitrogen and oxygen atoms in total. The van der Waals surface area contributed by atoms with Crippen LogP contribution in [-0.2, 0) is 7.05 Å². The van der Waals surface area contributed by atoms with Crippen LogP contribution in [0.15, 0.2) is 30.9 Å². The molecule has 3 aromatic heterocycles. The van der Waals surface area contributed by atoms with Gasteiger partial charge in [0.2, 0.25) is 0 Å². The third kappa shape index (κ3) is 1.56. The summed E-state index contributed by atoms with van der Waals surface area (Å²) in [5, 5.41) is 12.1. The summed E-state index contributed by atoms with van der Waals surface area (Å²) in [7, 11) is 1.85. The fraction of sp³-hybridized carbons (Fsp3) is 0.200. The molecule has 1 unspecified atom stereocenters. The van der Waals surface area contributed by atoms with E-state index in [2.05, 4.69) is 20.3 Å². The van der Waals surface area contributed by atoms with Crippen molar-refractivity contribution >= 4 is 5.78 Å². The minimum absolute atomic E-state index is 0.358. The molecule has 0 radical (unpaired) electrons. The smallest absolute Gasteiger partial charge is 0.255 e. The summed E-state index contributed by atoms with van der Waals surface area (Å²) in [6.45, 7) is 0. The van der Waals surface area contributed by atoms with Crippen molar-refractivity contribution in [2.75, 3.05) is 0 Å². The van der Waals surface area contributed by atoms with Crippen molar-refractivity contribution in [1.29, 1.82) is 0 Å². The minimum Gasteiger partial charge on any atom is -0.318 e. The maximum absolute atomic E-state index is 6.14. The number of rotatable bonds is 2. The first kappa shape index (κ1) is 9.91. The van der Waals surface area contributed by atoms with E-state index in [0.29, 0.717) is 11.6 Å². The van der Waals surface area contributed by atoms with Crippen molar-refractivity contribution in [3.8, 4) is 0 Å². The van der Waals surface area contributed by atoms with E-state index in [1.54, 1.807) is 21.5 Å². The molecule has 0 saturated carbocycles. The van der Waals surface area contributed by atoms with Crippen LogP contribution in [0.2, 0.25) is 0 Å². The predicted molar refractivity (Wildman–Crippen MR) is 60.0 cm³/mol. The van der Waals surface area contributed by atoms with E-state index in [-0.39, 0.29) is 6.04 Å². The number of aromatic nitrogens is 6. The molecule has 0 saturated heterocycles. The first-order chi connectivity index (χ1) is 8.25. The van der Waals surface area contributed by atoms with Crippen LogP contribution < -0.4 is 5.73 Å². The molecule has 0 aliphatic heterocycles. The number of aryl methyl sites for hydroxylation is 1. The molecule has 0 amide bonds. The first-order valence-corrected chi connectivity index (χ1v) is 5.15. The zero-order valence-electron chi connectivity index (χ0n) is 9.22. The molecule has 86 valence electrons. The van der Waals surface area contributed by atoms with Gasteiger partial charge in [-0.15, -0.1) is 10.2 Å². The van der Waals surface area contributed by atoms with E-state index in [4.69, 9.17) is 5.73 Å². The van der Waals surface area contributed by atoms with Gasteiger partial charge in [-0.05, 0) is 6.07 Å².